The number of halogens is 1. The summed E-state index contributed by atoms with van der Waals surface area (Å²) >= 11 is 9.34. The molecule has 1 amide bonds. The summed E-state index contributed by atoms with van der Waals surface area (Å²) in [6.45, 7) is 2.30. The monoisotopic (exact) mass is 442 g/mol. The number of thiazole rings is 1. The predicted molar refractivity (Wildman–Crippen MR) is 122 cm³/mol. The van der Waals surface area contributed by atoms with Gasteiger partial charge in [-0.25, -0.2) is 4.98 Å². The van der Waals surface area contributed by atoms with Crippen molar-refractivity contribution < 1.29 is 9.21 Å². The highest BCUT2D eigenvalue weighted by Gasteiger charge is 2.22. The van der Waals surface area contributed by atoms with Gasteiger partial charge in [0, 0.05) is 10.8 Å². The number of nitrogens with zero attached hydrogens (tertiary/aromatic N) is 2. The van der Waals surface area contributed by atoms with Crippen LogP contribution in [0.15, 0.2) is 65.3 Å². The first-order valence-corrected chi connectivity index (χ1v) is 11.5. The third kappa shape index (κ3) is 4.66. The minimum absolute atomic E-state index is 0.00476. The summed E-state index contributed by atoms with van der Waals surface area (Å²) in [7, 11) is 0. The van der Waals surface area contributed by atoms with E-state index in [0.29, 0.717) is 22.5 Å². The van der Waals surface area contributed by atoms with E-state index in [1.807, 2.05) is 49.4 Å². The van der Waals surface area contributed by atoms with Crippen LogP contribution in [0.1, 0.15) is 16.9 Å². The first-order chi connectivity index (χ1) is 14.1. The molecule has 0 radical (unpaired) electrons. The van der Waals surface area contributed by atoms with Crippen molar-refractivity contribution in [3.05, 3.63) is 82.8 Å². The lowest BCUT2D eigenvalue weighted by Crippen LogP contribution is -2.31. The fraction of sp³-hybridized carbons (Fsp3) is 0.182. The zero-order valence-corrected chi connectivity index (χ0v) is 18.2. The highest BCUT2D eigenvalue weighted by molar-refractivity contribution is 7.99. The van der Waals surface area contributed by atoms with Crippen molar-refractivity contribution in [2.45, 2.75) is 19.2 Å². The van der Waals surface area contributed by atoms with Crippen LogP contribution < -0.4 is 4.90 Å². The Hall–Kier alpha value is -2.28. The molecule has 2 aromatic carbocycles. The zero-order valence-electron chi connectivity index (χ0n) is 15.8. The predicted octanol–water partition coefficient (Wildman–Crippen LogP) is 6.32. The molecule has 0 spiro atoms. The Labute approximate surface area is 182 Å². The molecule has 0 saturated heterocycles. The molecule has 0 fully saturated rings. The number of anilines is 1. The van der Waals surface area contributed by atoms with Gasteiger partial charge in [-0.15, -0.1) is 11.8 Å². The van der Waals surface area contributed by atoms with Crippen molar-refractivity contribution in [3.8, 4) is 0 Å². The highest BCUT2D eigenvalue weighted by atomic mass is 35.5. The lowest BCUT2D eigenvalue weighted by Gasteiger charge is -2.18. The molecule has 4 rings (SSSR count). The van der Waals surface area contributed by atoms with Crippen molar-refractivity contribution in [2.75, 3.05) is 10.7 Å². The zero-order chi connectivity index (χ0) is 20.2. The van der Waals surface area contributed by atoms with Crippen LogP contribution in [0.25, 0.3) is 10.2 Å². The van der Waals surface area contributed by atoms with E-state index in [4.69, 9.17) is 21.0 Å². The maximum atomic E-state index is 13.1. The molecule has 0 saturated carbocycles. The molecule has 0 aliphatic carbocycles. The van der Waals surface area contributed by atoms with Crippen LogP contribution in [-0.2, 0) is 17.1 Å². The number of rotatable bonds is 7. The highest BCUT2D eigenvalue weighted by Crippen LogP contribution is 2.34. The fourth-order valence-corrected chi connectivity index (χ4v) is 4.99. The molecule has 148 valence electrons. The molecule has 2 heterocycles. The van der Waals surface area contributed by atoms with Gasteiger partial charge >= 0.3 is 0 Å². The van der Waals surface area contributed by atoms with Gasteiger partial charge < -0.3 is 4.42 Å². The number of thioether (sulfide) groups is 1. The number of furan rings is 1. The van der Waals surface area contributed by atoms with Crippen molar-refractivity contribution in [1.82, 2.24) is 4.98 Å². The third-order valence-electron chi connectivity index (χ3n) is 4.50. The molecule has 0 aliphatic rings. The molecule has 4 nitrogen and oxygen atoms in total. The lowest BCUT2D eigenvalue weighted by atomic mass is 10.2. The van der Waals surface area contributed by atoms with Crippen LogP contribution in [0, 0.1) is 6.92 Å². The average Bonchev–Trinajstić information content (AvgIpc) is 3.39. The first-order valence-electron chi connectivity index (χ1n) is 9.12. The number of carbonyl (C=O) groups is 1. The summed E-state index contributed by atoms with van der Waals surface area (Å²) in [5, 5.41) is 1.34. The van der Waals surface area contributed by atoms with Gasteiger partial charge in [0.25, 0.3) is 0 Å². The molecule has 2 aromatic heterocycles. The van der Waals surface area contributed by atoms with Gasteiger partial charge in [-0.3, -0.25) is 9.69 Å². The van der Waals surface area contributed by atoms with Crippen LogP contribution in [0.3, 0.4) is 0 Å². The molecule has 0 bridgehead atoms. The molecule has 7 heteroatoms. The number of hydrogen-bond donors (Lipinski definition) is 0. The number of aromatic nitrogens is 1. The van der Waals surface area contributed by atoms with Gasteiger partial charge in [0.15, 0.2) is 5.13 Å². The molecule has 0 aliphatic heterocycles. The molecule has 0 unspecified atom stereocenters. The topological polar surface area (TPSA) is 46.3 Å². The number of benzene rings is 2. The van der Waals surface area contributed by atoms with Gasteiger partial charge in [0.1, 0.15) is 5.76 Å². The molecule has 0 N–H and O–H groups in total. The van der Waals surface area contributed by atoms with E-state index in [1.165, 1.54) is 16.9 Å². The van der Waals surface area contributed by atoms with Crippen molar-refractivity contribution >= 4 is 56.0 Å². The van der Waals surface area contributed by atoms with Gasteiger partial charge in [-0.05, 0) is 42.3 Å². The average molecular weight is 443 g/mol. The van der Waals surface area contributed by atoms with E-state index in [0.717, 1.165) is 27.3 Å². The van der Waals surface area contributed by atoms with Crippen molar-refractivity contribution in [3.63, 3.8) is 0 Å². The number of hydrogen-bond acceptors (Lipinski definition) is 5. The maximum Gasteiger partial charge on any atom is 0.239 e. The number of aryl methyl sites for hydroxylation is 1. The summed E-state index contributed by atoms with van der Waals surface area (Å²) in [6.07, 6.45) is 1.62. The smallest absolute Gasteiger partial charge is 0.239 e. The van der Waals surface area contributed by atoms with E-state index in [-0.39, 0.29) is 5.91 Å². The second-order valence-corrected chi connectivity index (χ2v) is 8.96. The first kappa shape index (κ1) is 20.0. The molecule has 29 heavy (non-hydrogen) atoms. The van der Waals surface area contributed by atoms with Crippen LogP contribution in [-0.4, -0.2) is 16.6 Å². The minimum Gasteiger partial charge on any atom is -0.467 e. The Bertz CT molecular complexity index is 1110. The SMILES string of the molecule is Cc1c(Cl)ccc2sc(N(Cc3ccco3)C(=O)CSCc3ccccc3)nc12. The third-order valence-corrected chi connectivity index (χ3v) is 6.94. The number of carbonyl (C=O) groups excluding carboxylic acids is 1. The van der Waals surface area contributed by atoms with Crippen LogP contribution in [0.4, 0.5) is 5.13 Å². The molecular formula is C22H19ClN2O2S2. The summed E-state index contributed by atoms with van der Waals surface area (Å²) in [4.78, 5) is 19.5. The van der Waals surface area contributed by atoms with E-state index >= 15 is 0 Å². The summed E-state index contributed by atoms with van der Waals surface area (Å²) in [6, 6.07) is 17.7. The van der Waals surface area contributed by atoms with Gasteiger partial charge in [0.2, 0.25) is 5.91 Å². The fourth-order valence-electron chi connectivity index (χ4n) is 2.93. The molecule has 4 aromatic rings. The van der Waals surface area contributed by atoms with Crippen molar-refractivity contribution in [1.29, 1.82) is 0 Å². The normalized spacial score (nSPS) is 11.1. The van der Waals surface area contributed by atoms with Crippen molar-refractivity contribution in [2.24, 2.45) is 0 Å². The largest absolute Gasteiger partial charge is 0.467 e. The Morgan fingerprint density at radius 1 is 1.17 bits per heavy atom. The van der Waals surface area contributed by atoms with Crippen LogP contribution >= 0.6 is 34.7 Å². The van der Waals surface area contributed by atoms with E-state index in [2.05, 4.69) is 12.1 Å². The number of fused-ring (bicyclic) bond motifs is 1. The lowest BCUT2D eigenvalue weighted by molar-refractivity contribution is -0.116. The summed E-state index contributed by atoms with van der Waals surface area (Å²) < 4.78 is 6.49. The molecular weight excluding hydrogens is 424 g/mol. The summed E-state index contributed by atoms with van der Waals surface area (Å²) in [5.41, 5.74) is 2.97. The van der Waals surface area contributed by atoms with E-state index < -0.39 is 0 Å². The standard InChI is InChI=1S/C22H19ClN2O2S2/c1-15-18(23)9-10-19-21(15)24-22(29-19)25(12-17-8-5-11-27-17)20(26)14-28-13-16-6-3-2-4-7-16/h2-11H,12-14H2,1H3. The Morgan fingerprint density at radius 3 is 2.76 bits per heavy atom. The van der Waals surface area contributed by atoms with Gasteiger partial charge in [0.05, 0.1) is 28.8 Å². The van der Waals surface area contributed by atoms with Crippen LogP contribution in [0.5, 0.6) is 0 Å². The summed E-state index contributed by atoms with van der Waals surface area (Å²) in [5.74, 6) is 1.88. The maximum absolute atomic E-state index is 13.1. The Balaban J connectivity index is 1.56. The second-order valence-electron chi connectivity index (χ2n) is 6.55. The van der Waals surface area contributed by atoms with Crippen LogP contribution in [0.2, 0.25) is 5.02 Å². The van der Waals surface area contributed by atoms with Gasteiger partial charge in [-0.2, -0.15) is 0 Å². The Morgan fingerprint density at radius 2 is 2.00 bits per heavy atom. The minimum atomic E-state index is 0.00476. The quantitative estimate of drug-likeness (QED) is 0.336. The molecule has 0 atom stereocenters. The second kappa shape index (κ2) is 9.03. The van der Waals surface area contributed by atoms with Gasteiger partial charge in [-0.1, -0.05) is 53.3 Å². The van der Waals surface area contributed by atoms with E-state index in [1.54, 1.807) is 22.9 Å². The number of amides is 1. The van der Waals surface area contributed by atoms with E-state index in [9.17, 15) is 4.79 Å². The Kier molecular flexibility index (Phi) is 6.23.